The maximum atomic E-state index is 13.1. The quantitative estimate of drug-likeness (QED) is 0.296. The molecule has 0 unspecified atom stereocenters. The fourth-order valence-corrected chi connectivity index (χ4v) is 3.10. The lowest BCUT2D eigenvalue weighted by Crippen LogP contribution is -2.44. The second-order valence-corrected chi connectivity index (χ2v) is 7.47. The first kappa shape index (κ1) is 24.0. The molecule has 4 N–H and O–H groups in total. The largest absolute Gasteiger partial charge is 0.418 e. The number of amides is 2. The number of benzene rings is 3. The fourth-order valence-electron chi connectivity index (χ4n) is 2.75. The van der Waals surface area contributed by atoms with Crippen LogP contribution in [0.1, 0.15) is 26.3 Å². The molecule has 0 bridgehead atoms. The summed E-state index contributed by atoms with van der Waals surface area (Å²) in [5.41, 5.74) is 4.35. The molecule has 2 amide bonds. The topological polar surface area (TPSA) is 82.3 Å². The fraction of sp³-hybridized carbons (Fsp3) is 0.0455. The number of carbonyl (C=O) groups excluding carboxylic acids is 2. The van der Waals surface area contributed by atoms with Gasteiger partial charge in [-0.2, -0.15) is 13.2 Å². The Morgan fingerprint density at radius 1 is 0.788 bits per heavy atom. The Balaban J connectivity index is 1.60. The van der Waals surface area contributed by atoms with Gasteiger partial charge in [0, 0.05) is 21.8 Å². The standard InChI is InChI=1S/C22H16ClF3N4O2S/c23-15-7-3-5-13(11-15)19(31)27-16-8-4-6-14(12-16)20(32)29-30-21(33)28-18-10-2-1-9-17(18)22(24,25)26/h1-12H,(H,27,31)(H,29,32)(H2,28,30,33). The van der Waals surface area contributed by atoms with Crippen LogP contribution in [0.25, 0.3) is 0 Å². The molecule has 0 radical (unpaired) electrons. The SMILES string of the molecule is O=C(NNC(=S)Nc1ccccc1C(F)(F)F)c1cccc(NC(=O)c2cccc(Cl)c2)c1. The third-order valence-corrected chi connectivity index (χ3v) is 4.68. The maximum Gasteiger partial charge on any atom is 0.418 e. The first-order chi connectivity index (χ1) is 15.6. The Kier molecular flexibility index (Phi) is 7.52. The monoisotopic (exact) mass is 492 g/mol. The zero-order valence-electron chi connectivity index (χ0n) is 16.7. The van der Waals surface area contributed by atoms with Gasteiger partial charge in [-0.05, 0) is 60.7 Å². The lowest BCUT2D eigenvalue weighted by atomic mass is 10.1. The van der Waals surface area contributed by atoms with Gasteiger partial charge in [0.05, 0.1) is 11.3 Å². The van der Waals surface area contributed by atoms with Crippen molar-refractivity contribution in [2.75, 3.05) is 10.6 Å². The molecule has 6 nitrogen and oxygen atoms in total. The summed E-state index contributed by atoms with van der Waals surface area (Å²) in [6, 6.07) is 17.2. The number of thiocarbonyl (C=S) groups is 1. The molecule has 0 aliphatic heterocycles. The van der Waals surface area contributed by atoms with Gasteiger partial charge < -0.3 is 10.6 Å². The lowest BCUT2D eigenvalue weighted by molar-refractivity contribution is -0.136. The molecule has 0 spiro atoms. The number of rotatable bonds is 4. The van der Waals surface area contributed by atoms with Crippen LogP contribution in [0, 0.1) is 0 Å². The van der Waals surface area contributed by atoms with Gasteiger partial charge in [-0.3, -0.25) is 20.4 Å². The van der Waals surface area contributed by atoms with E-state index < -0.39 is 23.6 Å². The van der Waals surface area contributed by atoms with Crippen LogP contribution in [0.15, 0.2) is 72.8 Å². The van der Waals surface area contributed by atoms with Gasteiger partial charge in [0.15, 0.2) is 5.11 Å². The van der Waals surface area contributed by atoms with Crippen molar-refractivity contribution in [1.82, 2.24) is 10.9 Å². The highest BCUT2D eigenvalue weighted by molar-refractivity contribution is 7.80. The Morgan fingerprint density at radius 3 is 2.15 bits per heavy atom. The minimum absolute atomic E-state index is 0.171. The van der Waals surface area contributed by atoms with Gasteiger partial charge in [-0.1, -0.05) is 35.9 Å². The highest BCUT2D eigenvalue weighted by atomic mass is 35.5. The Bertz CT molecular complexity index is 1200. The Labute approximate surface area is 197 Å². The van der Waals surface area contributed by atoms with Crippen LogP contribution in [0.3, 0.4) is 0 Å². The molecule has 0 aromatic heterocycles. The van der Waals surface area contributed by atoms with E-state index in [0.717, 1.165) is 6.07 Å². The number of anilines is 2. The molecule has 11 heteroatoms. The highest BCUT2D eigenvalue weighted by Crippen LogP contribution is 2.34. The molecule has 0 aliphatic rings. The normalized spacial score (nSPS) is 10.8. The Hall–Kier alpha value is -3.63. The summed E-state index contributed by atoms with van der Waals surface area (Å²) in [7, 11) is 0. The Morgan fingerprint density at radius 2 is 1.45 bits per heavy atom. The minimum atomic E-state index is -4.57. The molecule has 170 valence electrons. The van der Waals surface area contributed by atoms with Gasteiger partial charge in [0.1, 0.15) is 0 Å². The summed E-state index contributed by atoms with van der Waals surface area (Å²) in [4.78, 5) is 24.8. The van der Waals surface area contributed by atoms with Crippen molar-refractivity contribution in [2.24, 2.45) is 0 Å². The van der Waals surface area contributed by atoms with E-state index in [9.17, 15) is 22.8 Å². The number of hydrogen-bond donors (Lipinski definition) is 4. The summed E-state index contributed by atoms with van der Waals surface area (Å²) in [5, 5.41) is 5.22. The molecule has 0 saturated heterocycles. The average molecular weight is 493 g/mol. The van der Waals surface area contributed by atoms with Gasteiger partial charge in [0.2, 0.25) is 0 Å². The minimum Gasteiger partial charge on any atom is -0.331 e. The van der Waals surface area contributed by atoms with Crippen molar-refractivity contribution >= 4 is 52.1 Å². The first-order valence-electron chi connectivity index (χ1n) is 9.34. The maximum absolute atomic E-state index is 13.1. The number of carbonyl (C=O) groups is 2. The molecule has 0 atom stereocenters. The summed E-state index contributed by atoms with van der Waals surface area (Å²) in [6.07, 6.45) is -4.57. The van der Waals surface area contributed by atoms with E-state index in [4.69, 9.17) is 23.8 Å². The van der Waals surface area contributed by atoms with Crippen LogP contribution in [-0.4, -0.2) is 16.9 Å². The number of hydrogen-bond acceptors (Lipinski definition) is 3. The van der Waals surface area contributed by atoms with Gasteiger partial charge >= 0.3 is 6.18 Å². The summed E-state index contributed by atoms with van der Waals surface area (Å²) >= 11 is 10.9. The van der Waals surface area contributed by atoms with E-state index in [0.29, 0.717) is 16.3 Å². The van der Waals surface area contributed by atoms with Crippen LogP contribution in [0.5, 0.6) is 0 Å². The number of para-hydroxylation sites is 1. The van der Waals surface area contributed by atoms with E-state index >= 15 is 0 Å². The summed E-state index contributed by atoms with van der Waals surface area (Å²) < 4.78 is 39.2. The zero-order chi connectivity index (χ0) is 24.0. The zero-order valence-corrected chi connectivity index (χ0v) is 18.2. The first-order valence-corrected chi connectivity index (χ1v) is 10.1. The van der Waals surface area contributed by atoms with E-state index in [2.05, 4.69) is 21.5 Å². The van der Waals surface area contributed by atoms with Crippen LogP contribution in [-0.2, 0) is 6.18 Å². The molecule has 0 aliphatic carbocycles. The van der Waals surface area contributed by atoms with E-state index in [1.165, 1.54) is 36.4 Å². The van der Waals surface area contributed by atoms with Gasteiger partial charge in [0.25, 0.3) is 11.8 Å². The lowest BCUT2D eigenvalue weighted by Gasteiger charge is -2.16. The van der Waals surface area contributed by atoms with E-state index in [-0.39, 0.29) is 16.4 Å². The molecule has 0 fully saturated rings. The van der Waals surface area contributed by atoms with Crippen molar-refractivity contribution < 1.29 is 22.8 Å². The van der Waals surface area contributed by atoms with E-state index in [1.54, 1.807) is 30.3 Å². The molecular weight excluding hydrogens is 477 g/mol. The van der Waals surface area contributed by atoms with E-state index in [1.807, 2.05) is 0 Å². The predicted molar refractivity (Wildman–Crippen MR) is 124 cm³/mol. The van der Waals surface area contributed by atoms with Crippen LogP contribution in [0.4, 0.5) is 24.5 Å². The third kappa shape index (κ3) is 6.67. The van der Waals surface area contributed by atoms with Crippen LogP contribution < -0.4 is 21.5 Å². The smallest absolute Gasteiger partial charge is 0.331 e. The van der Waals surface area contributed by atoms with Crippen LogP contribution in [0.2, 0.25) is 5.02 Å². The predicted octanol–water partition coefficient (Wildman–Crippen LogP) is 5.24. The summed E-state index contributed by atoms with van der Waals surface area (Å²) in [5.74, 6) is -1.04. The molecule has 0 heterocycles. The van der Waals surface area contributed by atoms with Gasteiger partial charge in [-0.15, -0.1) is 0 Å². The number of hydrazine groups is 1. The molecular formula is C22H16ClF3N4O2S. The van der Waals surface area contributed by atoms with Crippen molar-refractivity contribution in [3.8, 4) is 0 Å². The van der Waals surface area contributed by atoms with Crippen molar-refractivity contribution in [3.63, 3.8) is 0 Å². The van der Waals surface area contributed by atoms with Crippen molar-refractivity contribution in [1.29, 1.82) is 0 Å². The molecule has 33 heavy (non-hydrogen) atoms. The third-order valence-electron chi connectivity index (χ3n) is 4.24. The van der Waals surface area contributed by atoms with Crippen molar-refractivity contribution in [3.05, 3.63) is 94.5 Å². The van der Waals surface area contributed by atoms with Gasteiger partial charge in [-0.25, -0.2) is 0 Å². The number of alkyl halides is 3. The second kappa shape index (κ2) is 10.3. The molecule has 0 saturated carbocycles. The van der Waals surface area contributed by atoms with Crippen LogP contribution >= 0.6 is 23.8 Å². The molecule has 3 aromatic carbocycles. The number of halogens is 4. The van der Waals surface area contributed by atoms with Crippen molar-refractivity contribution in [2.45, 2.75) is 6.18 Å². The number of nitrogens with one attached hydrogen (secondary N) is 4. The molecule has 3 rings (SSSR count). The summed E-state index contributed by atoms with van der Waals surface area (Å²) in [6.45, 7) is 0. The average Bonchev–Trinajstić information content (AvgIpc) is 2.77. The molecule has 3 aromatic rings. The highest BCUT2D eigenvalue weighted by Gasteiger charge is 2.33. The second-order valence-electron chi connectivity index (χ2n) is 6.62.